The number of hydrogen-bond donors (Lipinski definition) is 2. The summed E-state index contributed by atoms with van der Waals surface area (Å²) in [6.45, 7) is 14.2. The molecule has 1 rings (SSSR count). The molecule has 2 N–H and O–H groups in total. The SMILES string of the molecule is CC(=O)C(Cc1ccccc1)NC(=O)CCC(C)(C)C(=O)NC(C)(C)CC(C)(C)C(C)=O. The summed E-state index contributed by atoms with van der Waals surface area (Å²) in [6, 6.07) is 8.95. The van der Waals surface area contributed by atoms with Crippen LogP contribution in [0.4, 0.5) is 0 Å². The van der Waals surface area contributed by atoms with Gasteiger partial charge in [-0.1, -0.05) is 58.0 Å². The van der Waals surface area contributed by atoms with Gasteiger partial charge in [0, 0.05) is 22.8 Å². The summed E-state index contributed by atoms with van der Waals surface area (Å²) in [5, 5.41) is 5.86. The topological polar surface area (TPSA) is 92.3 Å². The normalized spacial score (nSPS) is 13.2. The number of rotatable bonds is 12. The Kier molecular flexibility index (Phi) is 9.37. The standard InChI is InChI=1S/C26H40N2O4/c1-18(29)21(16-20-12-10-9-11-13-20)27-22(31)14-15-24(3,4)23(32)28-26(7,8)17-25(5,6)19(2)30/h9-13,21H,14-17H2,1-8H3,(H,27,31)(H,28,32). The average Bonchev–Trinajstić information content (AvgIpc) is 2.65. The van der Waals surface area contributed by atoms with Crippen molar-refractivity contribution in [1.29, 1.82) is 0 Å². The van der Waals surface area contributed by atoms with E-state index in [9.17, 15) is 19.2 Å². The van der Waals surface area contributed by atoms with Gasteiger partial charge in [0.05, 0.1) is 6.04 Å². The van der Waals surface area contributed by atoms with Gasteiger partial charge in [0.25, 0.3) is 0 Å². The zero-order chi connectivity index (χ0) is 24.7. The van der Waals surface area contributed by atoms with Crippen LogP contribution >= 0.6 is 0 Å². The lowest BCUT2D eigenvalue weighted by atomic mass is 9.76. The Bertz CT molecular complexity index is 825. The highest BCUT2D eigenvalue weighted by atomic mass is 16.2. The monoisotopic (exact) mass is 444 g/mol. The van der Waals surface area contributed by atoms with Crippen molar-refractivity contribution < 1.29 is 19.2 Å². The minimum Gasteiger partial charge on any atom is -0.351 e. The lowest BCUT2D eigenvalue weighted by molar-refractivity contribution is -0.134. The highest BCUT2D eigenvalue weighted by molar-refractivity contribution is 5.88. The van der Waals surface area contributed by atoms with Gasteiger partial charge in [0.15, 0.2) is 5.78 Å². The smallest absolute Gasteiger partial charge is 0.226 e. The molecule has 1 aromatic carbocycles. The summed E-state index contributed by atoms with van der Waals surface area (Å²) in [4.78, 5) is 49.4. The van der Waals surface area contributed by atoms with E-state index in [1.165, 1.54) is 6.92 Å². The van der Waals surface area contributed by atoms with E-state index in [1.54, 1.807) is 20.8 Å². The van der Waals surface area contributed by atoms with Crippen LogP contribution < -0.4 is 10.6 Å². The predicted octanol–water partition coefficient (Wildman–Crippen LogP) is 4.01. The number of carbonyl (C=O) groups is 4. The van der Waals surface area contributed by atoms with Gasteiger partial charge >= 0.3 is 0 Å². The van der Waals surface area contributed by atoms with E-state index in [0.717, 1.165) is 5.56 Å². The summed E-state index contributed by atoms with van der Waals surface area (Å²) < 4.78 is 0. The molecule has 2 amide bonds. The Balaban J connectivity index is 2.67. The first-order valence-corrected chi connectivity index (χ1v) is 11.2. The second kappa shape index (κ2) is 10.9. The van der Waals surface area contributed by atoms with Gasteiger partial charge in [-0.25, -0.2) is 0 Å². The summed E-state index contributed by atoms with van der Waals surface area (Å²) in [5.41, 5.74) is -0.911. The second-order valence-electron chi connectivity index (χ2n) is 10.8. The molecule has 0 saturated heterocycles. The first-order valence-electron chi connectivity index (χ1n) is 11.2. The average molecular weight is 445 g/mol. The second-order valence-corrected chi connectivity index (χ2v) is 10.8. The van der Waals surface area contributed by atoms with Crippen molar-refractivity contribution in [1.82, 2.24) is 10.6 Å². The van der Waals surface area contributed by atoms with Crippen molar-refractivity contribution in [3.8, 4) is 0 Å². The highest BCUT2D eigenvalue weighted by Gasteiger charge is 2.37. The van der Waals surface area contributed by atoms with Crippen LogP contribution in [-0.4, -0.2) is 35.0 Å². The number of carbonyl (C=O) groups excluding carboxylic acids is 4. The van der Waals surface area contributed by atoms with Crippen molar-refractivity contribution in [3.05, 3.63) is 35.9 Å². The highest BCUT2D eigenvalue weighted by Crippen LogP contribution is 2.30. The third kappa shape index (κ3) is 8.93. The fraction of sp³-hybridized carbons (Fsp3) is 0.615. The molecule has 0 heterocycles. The fourth-order valence-corrected chi connectivity index (χ4v) is 3.70. The first-order chi connectivity index (χ1) is 14.6. The van der Waals surface area contributed by atoms with Gasteiger partial charge in [0.2, 0.25) is 11.8 Å². The molecule has 0 spiro atoms. The Morgan fingerprint density at radius 1 is 0.875 bits per heavy atom. The first kappa shape index (κ1) is 27.5. The van der Waals surface area contributed by atoms with Crippen molar-refractivity contribution in [2.75, 3.05) is 0 Å². The van der Waals surface area contributed by atoms with E-state index in [-0.39, 0.29) is 29.8 Å². The van der Waals surface area contributed by atoms with Crippen molar-refractivity contribution >= 4 is 23.4 Å². The maximum atomic E-state index is 12.9. The van der Waals surface area contributed by atoms with Gasteiger partial charge < -0.3 is 10.6 Å². The summed E-state index contributed by atoms with van der Waals surface area (Å²) in [5.74, 6) is -0.443. The molecule has 1 atom stereocenters. The molecular weight excluding hydrogens is 404 g/mol. The molecular formula is C26H40N2O4. The van der Waals surface area contributed by atoms with Crippen LogP contribution in [-0.2, 0) is 25.6 Å². The molecule has 0 bridgehead atoms. The van der Waals surface area contributed by atoms with Crippen LogP contribution in [0.25, 0.3) is 0 Å². The lowest BCUT2D eigenvalue weighted by Gasteiger charge is -2.36. The van der Waals surface area contributed by atoms with Crippen molar-refractivity contribution in [2.24, 2.45) is 10.8 Å². The molecule has 0 aliphatic carbocycles. The number of amides is 2. The number of nitrogens with one attached hydrogen (secondary N) is 2. The van der Waals surface area contributed by atoms with E-state index >= 15 is 0 Å². The molecule has 6 heteroatoms. The molecule has 178 valence electrons. The molecule has 6 nitrogen and oxygen atoms in total. The maximum Gasteiger partial charge on any atom is 0.226 e. The Morgan fingerprint density at radius 2 is 1.44 bits per heavy atom. The molecule has 1 unspecified atom stereocenters. The van der Waals surface area contributed by atoms with Crippen LogP contribution in [0, 0.1) is 10.8 Å². The van der Waals surface area contributed by atoms with Gasteiger partial charge in [0.1, 0.15) is 5.78 Å². The lowest BCUT2D eigenvalue weighted by Crippen LogP contribution is -2.51. The van der Waals surface area contributed by atoms with Crippen molar-refractivity contribution in [2.45, 2.75) is 92.7 Å². The Hall–Kier alpha value is -2.50. The summed E-state index contributed by atoms with van der Waals surface area (Å²) >= 11 is 0. The Labute approximate surface area is 192 Å². The number of hydrogen-bond acceptors (Lipinski definition) is 4. The number of Topliss-reactive ketones (excluding diaryl/α,β-unsaturated/α-hetero) is 2. The van der Waals surface area contributed by atoms with Gasteiger partial charge in [-0.15, -0.1) is 0 Å². The van der Waals surface area contributed by atoms with E-state index < -0.39 is 22.4 Å². The largest absolute Gasteiger partial charge is 0.351 e. The molecule has 1 aromatic rings. The van der Waals surface area contributed by atoms with Gasteiger partial charge in [-0.05, 0) is 52.5 Å². The van der Waals surface area contributed by atoms with Crippen LogP contribution in [0.5, 0.6) is 0 Å². The molecule has 0 aliphatic rings. The van der Waals surface area contributed by atoms with E-state index in [2.05, 4.69) is 10.6 Å². The quantitative estimate of drug-likeness (QED) is 0.509. The molecule has 0 radical (unpaired) electrons. The van der Waals surface area contributed by atoms with Crippen LogP contribution in [0.15, 0.2) is 30.3 Å². The third-order valence-corrected chi connectivity index (χ3v) is 5.99. The minimum atomic E-state index is -0.778. The predicted molar refractivity (Wildman–Crippen MR) is 127 cm³/mol. The third-order valence-electron chi connectivity index (χ3n) is 5.99. The van der Waals surface area contributed by atoms with Gasteiger partial charge in [-0.3, -0.25) is 19.2 Å². The zero-order valence-electron chi connectivity index (χ0n) is 20.9. The summed E-state index contributed by atoms with van der Waals surface area (Å²) in [7, 11) is 0. The van der Waals surface area contributed by atoms with E-state index in [0.29, 0.717) is 19.3 Å². The maximum absolute atomic E-state index is 12.9. The fourth-order valence-electron chi connectivity index (χ4n) is 3.70. The molecule has 0 saturated carbocycles. The van der Waals surface area contributed by atoms with E-state index in [4.69, 9.17) is 0 Å². The molecule has 0 aliphatic heterocycles. The minimum absolute atomic E-state index is 0.0753. The number of benzene rings is 1. The van der Waals surface area contributed by atoms with Crippen LogP contribution in [0.1, 0.15) is 80.2 Å². The molecule has 0 aromatic heterocycles. The van der Waals surface area contributed by atoms with Crippen molar-refractivity contribution in [3.63, 3.8) is 0 Å². The van der Waals surface area contributed by atoms with Crippen LogP contribution in [0.2, 0.25) is 0 Å². The zero-order valence-corrected chi connectivity index (χ0v) is 20.9. The number of ketones is 2. The molecule has 32 heavy (non-hydrogen) atoms. The van der Waals surface area contributed by atoms with Crippen LogP contribution in [0.3, 0.4) is 0 Å². The summed E-state index contributed by atoms with van der Waals surface area (Å²) in [6.07, 6.45) is 1.43. The Morgan fingerprint density at radius 3 is 1.94 bits per heavy atom. The molecule has 0 fully saturated rings. The van der Waals surface area contributed by atoms with Gasteiger partial charge in [-0.2, -0.15) is 0 Å². The van der Waals surface area contributed by atoms with E-state index in [1.807, 2.05) is 58.0 Å².